The fourth-order valence-corrected chi connectivity index (χ4v) is 1.71. The van der Waals surface area contributed by atoms with E-state index in [1.807, 2.05) is 24.7 Å². The van der Waals surface area contributed by atoms with Crippen molar-refractivity contribution in [3.63, 3.8) is 0 Å². The second-order valence-corrected chi connectivity index (χ2v) is 4.04. The molecule has 1 N–H and O–H groups in total. The monoisotopic (exact) mass is 239 g/mol. The molecule has 0 unspecified atom stereocenters. The zero-order valence-electron chi connectivity index (χ0n) is 8.96. The van der Waals surface area contributed by atoms with Crippen LogP contribution in [0.2, 0.25) is 5.02 Å². The Bertz CT molecular complexity index is 502. The van der Waals surface area contributed by atoms with Crippen LogP contribution in [0.3, 0.4) is 0 Å². The lowest BCUT2D eigenvalue weighted by atomic mass is 10.3. The van der Waals surface area contributed by atoms with Crippen LogP contribution in [0.4, 0.5) is 16.0 Å². The largest absolute Gasteiger partial charge is 0.325 e. The first-order valence-corrected chi connectivity index (χ1v) is 5.15. The van der Waals surface area contributed by atoms with Crippen LogP contribution >= 0.6 is 11.6 Å². The predicted octanol–water partition coefficient (Wildman–Crippen LogP) is 3.26. The van der Waals surface area contributed by atoms with Crippen molar-refractivity contribution in [3.8, 4) is 0 Å². The Labute approximate surface area is 97.9 Å². The van der Waals surface area contributed by atoms with Crippen molar-refractivity contribution in [2.45, 2.75) is 6.92 Å². The maximum atomic E-state index is 13.1. The molecule has 0 aliphatic heterocycles. The molecule has 0 aliphatic carbocycles. The van der Waals surface area contributed by atoms with Crippen LogP contribution in [0.1, 0.15) is 5.69 Å². The minimum absolute atomic E-state index is 0.355. The van der Waals surface area contributed by atoms with Crippen molar-refractivity contribution in [3.05, 3.63) is 40.9 Å². The van der Waals surface area contributed by atoms with Gasteiger partial charge in [-0.05, 0) is 25.1 Å². The molecule has 0 spiro atoms. The van der Waals surface area contributed by atoms with Crippen molar-refractivity contribution in [1.29, 1.82) is 0 Å². The number of rotatable bonds is 2. The first-order chi connectivity index (χ1) is 7.54. The van der Waals surface area contributed by atoms with E-state index in [2.05, 4.69) is 10.3 Å². The molecule has 0 fully saturated rings. The van der Waals surface area contributed by atoms with Gasteiger partial charge in [-0.25, -0.2) is 9.37 Å². The molecule has 16 heavy (non-hydrogen) atoms. The highest BCUT2D eigenvalue weighted by molar-refractivity contribution is 6.30. The molecule has 1 aromatic heterocycles. The third kappa shape index (κ3) is 2.33. The highest BCUT2D eigenvalue weighted by Gasteiger charge is 2.04. The maximum absolute atomic E-state index is 13.1. The van der Waals surface area contributed by atoms with Gasteiger partial charge in [-0.3, -0.25) is 0 Å². The SMILES string of the molecule is Cc1cn(C)c(Nc2cc(F)cc(Cl)c2)n1. The van der Waals surface area contributed by atoms with E-state index < -0.39 is 0 Å². The number of halogens is 2. The molecule has 0 saturated heterocycles. The van der Waals surface area contributed by atoms with Gasteiger partial charge in [-0.1, -0.05) is 11.6 Å². The summed E-state index contributed by atoms with van der Waals surface area (Å²) in [5.74, 6) is 0.278. The standard InChI is InChI=1S/C11H11ClFN3/c1-7-6-16(2)11(14-7)15-10-4-8(12)3-9(13)5-10/h3-6H,1-2H3,(H,14,15). The van der Waals surface area contributed by atoms with Crippen LogP contribution in [0, 0.1) is 12.7 Å². The van der Waals surface area contributed by atoms with Crippen molar-refractivity contribution in [1.82, 2.24) is 9.55 Å². The number of nitrogens with zero attached hydrogens (tertiary/aromatic N) is 2. The molecule has 0 aliphatic rings. The average Bonchev–Trinajstić information content (AvgIpc) is 2.43. The number of benzene rings is 1. The lowest BCUT2D eigenvalue weighted by Gasteiger charge is -2.06. The topological polar surface area (TPSA) is 29.9 Å². The first kappa shape index (κ1) is 11.0. The number of hydrogen-bond donors (Lipinski definition) is 1. The van der Waals surface area contributed by atoms with Crippen molar-refractivity contribution in [2.75, 3.05) is 5.32 Å². The maximum Gasteiger partial charge on any atom is 0.207 e. The minimum atomic E-state index is -0.374. The lowest BCUT2D eigenvalue weighted by molar-refractivity contribution is 0.628. The second-order valence-electron chi connectivity index (χ2n) is 3.60. The fraction of sp³-hybridized carbons (Fsp3) is 0.182. The zero-order chi connectivity index (χ0) is 11.7. The fourth-order valence-electron chi connectivity index (χ4n) is 1.49. The number of hydrogen-bond acceptors (Lipinski definition) is 2. The third-order valence-electron chi connectivity index (χ3n) is 2.12. The van der Waals surface area contributed by atoms with Crippen LogP contribution in [-0.2, 0) is 7.05 Å². The number of imidazole rings is 1. The molecule has 1 aromatic carbocycles. The second kappa shape index (κ2) is 4.14. The van der Waals surface area contributed by atoms with Crippen LogP contribution in [-0.4, -0.2) is 9.55 Å². The van der Waals surface area contributed by atoms with E-state index in [4.69, 9.17) is 11.6 Å². The molecule has 1 heterocycles. The van der Waals surface area contributed by atoms with Crippen molar-refractivity contribution < 1.29 is 4.39 Å². The van der Waals surface area contributed by atoms with E-state index in [9.17, 15) is 4.39 Å². The van der Waals surface area contributed by atoms with E-state index in [1.165, 1.54) is 12.1 Å². The molecule has 0 atom stereocenters. The van der Waals surface area contributed by atoms with Gasteiger partial charge >= 0.3 is 0 Å². The zero-order valence-corrected chi connectivity index (χ0v) is 9.72. The predicted molar refractivity (Wildman–Crippen MR) is 62.6 cm³/mol. The van der Waals surface area contributed by atoms with E-state index in [1.54, 1.807) is 6.07 Å². The van der Waals surface area contributed by atoms with Gasteiger partial charge < -0.3 is 9.88 Å². The van der Waals surface area contributed by atoms with E-state index in [0.717, 1.165) is 5.69 Å². The van der Waals surface area contributed by atoms with Gasteiger partial charge in [0.05, 0.1) is 5.69 Å². The molecular formula is C11H11ClFN3. The Hall–Kier alpha value is -1.55. The van der Waals surface area contributed by atoms with E-state index in [-0.39, 0.29) is 5.82 Å². The third-order valence-corrected chi connectivity index (χ3v) is 2.33. The molecule has 0 bridgehead atoms. The summed E-state index contributed by atoms with van der Waals surface area (Å²) < 4.78 is 14.9. The molecule has 84 valence electrons. The average molecular weight is 240 g/mol. The summed E-state index contributed by atoms with van der Waals surface area (Å²) in [6.45, 7) is 1.89. The summed E-state index contributed by atoms with van der Waals surface area (Å²) in [4.78, 5) is 4.25. The summed E-state index contributed by atoms with van der Waals surface area (Å²) in [5.41, 5.74) is 1.48. The van der Waals surface area contributed by atoms with Gasteiger partial charge in [0.2, 0.25) is 5.95 Å². The molecule has 2 rings (SSSR count). The quantitative estimate of drug-likeness (QED) is 0.872. The molecular weight excluding hydrogens is 229 g/mol. The Kier molecular flexibility index (Phi) is 2.83. The van der Waals surface area contributed by atoms with Gasteiger partial charge in [0.1, 0.15) is 5.82 Å². The number of aromatic nitrogens is 2. The van der Waals surface area contributed by atoms with Gasteiger partial charge in [0, 0.05) is 24.0 Å². The summed E-state index contributed by atoms with van der Waals surface area (Å²) in [6, 6.07) is 4.28. The lowest BCUT2D eigenvalue weighted by Crippen LogP contribution is -1.98. The molecule has 5 heteroatoms. The van der Waals surface area contributed by atoms with Gasteiger partial charge in [0.15, 0.2) is 0 Å². The van der Waals surface area contributed by atoms with E-state index in [0.29, 0.717) is 16.7 Å². The highest BCUT2D eigenvalue weighted by atomic mass is 35.5. The van der Waals surface area contributed by atoms with Crippen LogP contribution < -0.4 is 5.32 Å². The first-order valence-electron chi connectivity index (χ1n) is 4.77. The smallest absolute Gasteiger partial charge is 0.207 e. The Morgan fingerprint density at radius 3 is 2.69 bits per heavy atom. The highest BCUT2D eigenvalue weighted by Crippen LogP contribution is 2.21. The number of aryl methyl sites for hydroxylation is 2. The summed E-state index contributed by atoms with van der Waals surface area (Å²) >= 11 is 5.75. The molecule has 0 amide bonds. The molecule has 0 saturated carbocycles. The Morgan fingerprint density at radius 1 is 1.38 bits per heavy atom. The normalized spacial score (nSPS) is 10.5. The summed E-state index contributed by atoms with van der Waals surface area (Å²) in [7, 11) is 1.86. The van der Waals surface area contributed by atoms with Gasteiger partial charge in [-0.2, -0.15) is 0 Å². The molecule has 2 aromatic rings. The van der Waals surface area contributed by atoms with E-state index >= 15 is 0 Å². The Balaban J connectivity index is 2.30. The van der Waals surface area contributed by atoms with Crippen LogP contribution in [0.5, 0.6) is 0 Å². The van der Waals surface area contributed by atoms with Gasteiger partial charge in [-0.15, -0.1) is 0 Å². The number of nitrogens with one attached hydrogen (secondary N) is 1. The van der Waals surface area contributed by atoms with Crippen molar-refractivity contribution >= 4 is 23.2 Å². The van der Waals surface area contributed by atoms with Crippen molar-refractivity contribution in [2.24, 2.45) is 7.05 Å². The van der Waals surface area contributed by atoms with Crippen LogP contribution in [0.25, 0.3) is 0 Å². The molecule has 0 radical (unpaired) electrons. The van der Waals surface area contributed by atoms with Crippen LogP contribution in [0.15, 0.2) is 24.4 Å². The molecule has 3 nitrogen and oxygen atoms in total. The minimum Gasteiger partial charge on any atom is -0.325 e. The summed E-state index contributed by atoms with van der Waals surface area (Å²) in [5, 5.41) is 3.36. The Morgan fingerprint density at radius 2 is 2.12 bits per heavy atom. The van der Waals surface area contributed by atoms with Gasteiger partial charge in [0.25, 0.3) is 0 Å². The number of anilines is 2. The summed E-state index contributed by atoms with van der Waals surface area (Å²) in [6.07, 6.45) is 1.88.